The topological polar surface area (TPSA) is 42.9 Å². The number of aliphatic imine (C=N–C) groups is 1. The number of guanidine groups is 1. The minimum absolute atomic E-state index is 0.603. The summed E-state index contributed by atoms with van der Waals surface area (Å²) in [5.41, 5.74) is 0. The van der Waals surface area contributed by atoms with Crippen LogP contribution in [0.2, 0.25) is 0 Å². The van der Waals surface area contributed by atoms with Gasteiger partial charge in [0.15, 0.2) is 5.96 Å². The van der Waals surface area contributed by atoms with E-state index in [2.05, 4.69) is 46.2 Å². The first-order valence-electron chi connectivity index (χ1n) is 8.58. The second kappa shape index (κ2) is 10.9. The minimum atomic E-state index is 0.603. The summed E-state index contributed by atoms with van der Waals surface area (Å²) in [5.74, 6) is 0.923. The molecular weight excluding hydrogens is 262 g/mol. The predicted octanol–water partition coefficient (Wildman–Crippen LogP) is 1.37. The summed E-state index contributed by atoms with van der Waals surface area (Å²) < 4.78 is 0. The van der Waals surface area contributed by atoms with Crippen molar-refractivity contribution in [3.63, 3.8) is 0 Å². The molecule has 0 aromatic rings. The molecule has 21 heavy (non-hydrogen) atoms. The zero-order valence-corrected chi connectivity index (χ0v) is 14.5. The van der Waals surface area contributed by atoms with E-state index in [4.69, 9.17) is 0 Å². The average molecular weight is 297 g/mol. The molecule has 1 aliphatic rings. The Hall–Kier alpha value is -0.810. The van der Waals surface area contributed by atoms with Gasteiger partial charge < -0.3 is 15.5 Å². The molecular formula is C16H35N5. The van der Waals surface area contributed by atoms with Gasteiger partial charge >= 0.3 is 0 Å². The number of hydrogen-bond acceptors (Lipinski definition) is 3. The van der Waals surface area contributed by atoms with E-state index in [0.717, 1.165) is 38.7 Å². The van der Waals surface area contributed by atoms with E-state index in [0.29, 0.717) is 6.04 Å². The fraction of sp³-hybridized carbons (Fsp3) is 0.938. The van der Waals surface area contributed by atoms with Gasteiger partial charge in [-0.1, -0.05) is 13.3 Å². The lowest BCUT2D eigenvalue weighted by Crippen LogP contribution is -2.45. The third-order valence-electron chi connectivity index (χ3n) is 4.22. The highest BCUT2D eigenvalue weighted by atomic mass is 15.2. The molecule has 0 saturated carbocycles. The molecule has 0 radical (unpaired) electrons. The Kier molecular flexibility index (Phi) is 9.42. The minimum Gasteiger partial charge on any atom is -0.355 e. The van der Waals surface area contributed by atoms with Crippen LogP contribution in [0, 0.1) is 0 Å². The second-order valence-corrected chi connectivity index (χ2v) is 6.05. The maximum absolute atomic E-state index is 4.30. The van der Waals surface area contributed by atoms with Crippen molar-refractivity contribution in [2.45, 2.75) is 46.1 Å². The first-order chi connectivity index (χ1) is 10.2. The van der Waals surface area contributed by atoms with Crippen LogP contribution in [0.5, 0.6) is 0 Å². The Balaban J connectivity index is 2.13. The van der Waals surface area contributed by atoms with Gasteiger partial charge in [-0.3, -0.25) is 9.89 Å². The average Bonchev–Trinajstić information content (AvgIpc) is 2.50. The first-order valence-corrected chi connectivity index (χ1v) is 8.58. The number of likely N-dealkylation sites (tertiary alicyclic amines) is 1. The lowest BCUT2D eigenvalue weighted by Gasteiger charge is -2.27. The molecule has 0 bridgehead atoms. The Morgan fingerprint density at radius 3 is 2.38 bits per heavy atom. The highest BCUT2D eigenvalue weighted by Gasteiger charge is 2.10. The summed E-state index contributed by atoms with van der Waals surface area (Å²) >= 11 is 0. The molecule has 124 valence electrons. The quantitative estimate of drug-likeness (QED) is 0.524. The Bertz CT molecular complexity index is 284. The van der Waals surface area contributed by atoms with E-state index in [9.17, 15) is 0 Å². The largest absolute Gasteiger partial charge is 0.355 e. The van der Waals surface area contributed by atoms with Crippen LogP contribution in [0.1, 0.15) is 40.0 Å². The van der Waals surface area contributed by atoms with Crippen LogP contribution in [-0.4, -0.2) is 74.7 Å². The van der Waals surface area contributed by atoms with Crippen LogP contribution in [0.3, 0.4) is 0 Å². The predicted molar refractivity (Wildman–Crippen MR) is 92.0 cm³/mol. The molecule has 0 unspecified atom stereocenters. The van der Waals surface area contributed by atoms with Crippen LogP contribution in [0.25, 0.3) is 0 Å². The van der Waals surface area contributed by atoms with Gasteiger partial charge in [-0.15, -0.1) is 0 Å². The monoisotopic (exact) mass is 297 g/mol. The van der Waals surface area contributed by atoms with Crippen LogP contribution < -0.4 is 10.6 Å². The SMILES string of the molecule is CCN(CCNC(=NC)NCCN1CCCCC1)C(C)C. The first kappa shape index (κ1) is 18.2. The number of piperidine rings is 1. The number of likely N-dealkylation sites (N-methyl/N-ethyl adjacent to an activating group) is 1. The molecule has 1 aliphatic heterocycles. The van der Waals surface area contributed by atoms with Gasteiger partial charge in [0.1, 0.15) is 0 Å². The van der Waals surface area contributed by atoms with E-state index in [1.54, 1.807) is 0 Å². The summed E-state index contributed by atoms with van der Waals surface area (Å²) in [4.78, 5) is 9.29. The molecule has 5 heteroatoms. The summed E-state index contributed by atoms with van der Waals surface area (Å²) in [7, 11) is 1.84. The maximum Gasteiger partial charge on any atom is 0.191 e. The fourth-order valence-corrected chi connectivity index (χ4v) is 2.84. The number of nitrogens with zero attached hydrogens (tertiary/aromatic N) is 3. The molecule has 1 rings (SSSR count). The van der Waals surface area contributed by atoms with Crippen molar-refractivity contribution in [2.75, 3.05) is 52.9 Å². The molecule has 1 saturated heterocycles. The van der Waals surface area contributed by atoms with E-state index in [-0.39, 0.29) is 0 Å². The van der Waals surface area contributed by atoms with Gasteiger partial charge in [-0.05, 0) is 46.3 Å². The van der Waals surface area contributed by atoms with E-state index in [1.165, 1.54) is 32.4 Å². The van der Waals surface area contributed by atoms with Crippen molar-refractivity contribution < 1.29 is 0 Å². The highest BCUT2D eigenvalue weighted by Crippen LogP contribution is 2.07. The lowest BCUT2D eigenvalue weighted by atomic mass is 10.1. The van der Waals surface area contributed by atoms with Crippen molar-refractivity contribution in [3.05, 3.63) is 0 Å². The van der Waals surface area contributed by atoms with Crippen molar-refractivity contribution in [3.8, 4) is 0 Å². The Morgan fingerprint density at radius 2 is 1.81 bits per heavy atom. The maximum atomic E-state index is 4.30. The standard InChI is InChI=1S/C16H35N5/c1-5-21(15(2)3)14-10-19-16(17-4)18-9-13-20-11-7-6-8-12-20/h15H,5-14H2,1-4H3,(H2,17,18,19). The molecule has 0 aromatic carbocycles. The van der Waals surface area contributed by atoms with Crippen molar-refractivity contribution in [2.24, 2.45) is 4.99 Å². The van der Waals surface area contributed by atoms with Crippen LogP contribution >= 0.6 is 0 Å². The third kappa shape index (κ3) is 7.67. The smallest absolute Gasteiger partial charge is 0.191 e. The summed E-state index contributed by atoms with van der Waals surface area (Å²) in [6.07, 6.45) is 4.11. The molecule has 0 aromatic heterocycles. The van der Waals surface area contributed by atoms with Gasteiger partial charge in [-0.25, -0.2) is 0 Å². The van der Waals surface area contributed by atoms with E-state index >= 15 is 0 Å². The van der Waals surface area contributed by atoms with Crippen molar-refractivity contribution in [1.82, 2.24) is 20.4 Å². The number of rotatable bonds is 8. The zero-order chi connectivity index (χ0) is 15.5. The van der Waals surface area contributed by atoms with Gasteiger partial charge in [0.05, 0.1) is 0 Å². The molecule has 1 fully saturated rings. The normalized spacial score (nSPS) is 17.5. The van der Waals surface area contributed by atoms with Gasteiger partial charge in [0.2, 0.25) is 0 Å². The number of hydrogen-bond donors (Lipinski definition) is 2. The molecule has 0 aliphatic carbocycles. The Morgan fingerprint density at radius 1 is 1.14 bits per heavy atom. The summed E-state index contributed by atoms with van der Waals surface area (Å²) in [5, 5.41) is 6.82. The fourth-order valence-electron chi connectivity index (χ4n) is 2.84. The molecule has 0 spiro atoms. The molecule has 5 nitrogen and oxygen atoms in total. The number of nitrogens with one attached hydrogen (secondary N) is 2. The summed E-state index contributed by atoms with van der Waals surface area (Å²) in [6, 6.07) is 0.603. The van der Waals surface area contributed by atoms with E-state index in [1.807, 2.05) is 7.05 Å². The Labute approximate surface area is 131 Å². The third-order valence-corrected chi connectivity index (χ3v) is 4.22. The zero-order valence-electron chi connectivity index (χ0n) is 14.5. The van der Waals surface area contributed by atoms with E-state index < -0.39 is 0 Å². The van der Waals surface area contributed by atoms with Gasteiger partial charge in [-0.2, -0.15) is 0 Å². The molecule has 0 atom stereocenters. The van der Waals surface area contributed by atoms with Crippen molar-refractivity contribution in [1.29, 1.82) is 0 Å². The lowest BCUT2D eigenvalue weighted by molar-refractivity contribution is 0.231. The molecule has 2 N–H and O–H groups in total. The van der Waals surface area contributed by atoms with Crippen LogP contribution in [0.15, 0.2) is 4.99 Å². The molecule has 0 amide bonds. The van der Waals surface area contributed by atoms with Crippen molar-refractivity contribution >= 4 is 5.96 Å². The van der Waals surface area contributed by atoms with Crippen LogP contribution in [0.4, 0.5) is 0 Å². The van der Waals surface area contributed by atoms with Gasteiger partial charge in [0.25, 0.3) is 0 Å². The molecule has 1 heterocycles. The second-order valence-electron chi connectivity index (χ2n) is 6.05. The summed E-state index contributed by atoms with van der Waals surface area (Å²) in [6.45, 7) is 14.4. The van der Waals surface area contributed by atoms with Crippen LogP contribution in [-0.2, 0) is 0 Å². The highest BCUT2D eigenvalue weighted by molar-refractivity contribution is 5.79. The van der Waals surface area contributed by atoms with Gasteiger partial charge in [0, 0.05) is 39.3 Å².